The number of aromatic nitrogens is 4. The van der Waals surface area contributed by atoms with Crippen molar-refractivity contribution in [3.8, 4) is 0 Å². The van der Waals surface area contributed by atoms with Crippen LogP contribution in [0.1, 0.15) is 11.1 Å². The van der Waals surface area contributed by atoms with E-state index in [1.54, 1.807) is 0 Å². The molecule has 33 heavy (non-hydrogen) atoms. The van der Waals surface area contributed by atoms with Gasteiger partial charge in [-0.15, -0.1) is 5.10 Å². The van der Waals surface area contributed by atoms with Crippen LogP contribution < -0.4 is 11.0 Å². The molecule has 2 heterocycles. The van der Waals surface area contributed by atoms with Crippen LogP contribution in [0.3, 0.4) is 0 Å². The van der Waals surface area contributed by atoms with Gasteiger partial charge in [-0.05, 0) is 49.7 Å². The lowest BCUT2D eigenvalue weighted by molar-refractivity contribution is -0.117. The predicted octanol–water partition coefficient (Wildman–Crippen LogP) is 4.45. The molecule has 7 nitrogen and oxygen atoms in total. The third kappa shape index (κ3) is 4.12. The summed E-state index contributed by atoms with van der Waals surface area (Å²) in [4.78, 5) is 31.8. The number of fused-ring (bicyclic) bond motifs is 3. The maximum absolute atomic E-state index is 13.3. The minimum Gasteiger partial charge on any atom is -0.324 e. The Morgan fingerprint density at radius 3 is 2.55 bits per heavy atom. The van der Waals surface area contributed by atoms with Gasteiger partial charge in [-0.1, -0.05) is 59.8 Å². The molecule has 164 valence electrons. The molecule has 0 bridgehead atoms. The number of hydrogen-bond acceptors (Lipinski definition) is 5. The molecule has 0 saturated heterocycles. The number of carbonyl (C=O) groups excluding carboxylic acids is 1. The monoisotopic (exact) mass is 455 g/mol. The number of benzene rings is 3. The Morgan fingerprint density at radius 2 is 1.76 bits per heavy atom. The van der Waals surface area contributed by atoms with Gasteiger partial charge in [0.25, 0.3) is 0 Å². The fraction of sp³-hybridized carbons (Fsp3) is 0.120. The van der Waals surface area contributed by atoms with E-state index in [9.17, 15) is 9.59 Å². The lowest BCUT2D eigenvalue weighted by Gasteiger charge is -2.08. The van der Waals surface area contributed by atoms with E-state index in [0.717, 1.165) is 21.7 Å². The van der Waals surface area contributed by atoms with E-state index in [1.807, 2.05) is 86.6 Å². The summed E-state index contributed by atoms with van der Waals surface area (Å²) < 4.78 is 2.72. The summed E-state index contributed by atoms with van der Waals surface area (Å²) in [5.74, 6) is -0.318. The maximum Gasteiger partial charge on any atom is 0.351 e. The van der Waals surface area contributed by atoms with E-state index in [4.69, 9.17) is 4.98 Å². The quantitative estimate of drug-likeness (QED) is 0.423. The average molecular weight is 456 g/mol. The van der Waals surface area contributed by atoms with Crippen LogP contribution in [-0.4, -0.2) is 25.1 Å². The van der Waals surface area contributed by atoms with Gasteiger partial charge in [-0.2, -0.15) is 0 Å². The molecular weight excluding hydrogens is 434 g/mol. The topological polar surface area (TPSA) is 81.3 Å². The van der Waals surface area contributed by atoms with E-state index < -0.39 is 0 Å². The number of rotatable bonds is 5. The molecule has 1 N–H and O–H groups in total. The highest BCUT2D eigenvalue weighted by molar-refractivity contribution is 7.99. The van der Waals surface area contributed by atoms with Crippen LogP contribution in [0.25, 0.3) is 16.7 Å². The summed E-state index contributed by atoms with van der Waals surface area (Å²) in [6.07, 6.45) is 0. The van der Waals surface area contributed by atoms with Gasteiger partial charge in [0.2, 0.25) is 5.91 Å². The fourth-order valence-electron chi connectivity index (χ4n) is 3.72. The summed E-state index contributed by atoms with van der Waals surface area (Å²) >= 11 is 1.43. The number of carbonyl (C=O) groups is 1. The largest absolute Gasteiger partial charge is 0.351 e. The van der Waals surface area contributed by atoms with Gasteiger partial charge >= 0.3 is 5.69 Å². The number of hydrogen-bond donors (Lipinski definition) is 1. The standard InChI is InChI=1S/C25H21N5O2S/c1-16-12-13-19(17(2)14-16)26-22(31)15-29-25(32)30-21-11-7-6-10-20(21)27-24(23(30)28-29)33-18-8-4-3-5-9-18/h3-14H,15H2,1-2H3,(H,26,31). The van der Waals surface area contributed by atoms with Crippen LogP contribution in [0.15, 0.2) is 87.5 Å². The van der Waals surface area contributed by atoms with Crippen LogP contribution >= 0.6 is 11.8 Å². The number of nitrogens with zero attached hydrogens (tertiary/aromatic N) is 4. The summed E-state index contributed by atoms with van der Waals surface area (Å²) in [5, 5.41) is 7.98. The van der Waals surface area contributed by atoms with Crippen molar-refractivity contribution in [2.45, 2.75) is 30.3 Å². The predicted molar refractivity (Wildman–Crippen MR) is 130 cm³/mol. The van der Waals surface area contributed by atoms with E-state index >= 15 is 0 Å². The van der Waals surface area contributed by atoms with Crippen molar-refractivity contribution in [3.05, 3.63) is 94.4 Å². The summed E-state index contributed by atoms with van der Waals surface area (Å²) in [6, 6.07) is 23.0. The lowest BCUT2D eigenvalue weighted by atomic mass is 10.1. The first kappa shape index (κ1) is 21.0. The zero-order chi connectivity index (χ0) is 22.9. The van der Waals surface area contributed by atoms with Crippen molar-refractivity contribution in [3.63, 3.8) is 0 Å². The first-order valence-electron chi connectivity index (χ1n) is 10.5. The minimum atomic E-state index is -0.380. The zero-order valence-electron chi connectivity index (χ0n) is 18.1. The summed E-state index contributed by atoms with van der Waals surface area (Å²) in [6.45, 7) is 3.74. The second kappa shape index (κ2) is 8.55. The van der Waals surface area contributed by atoms with E-state index in [2.05, 4.69) is 10.4 Å². The molecule has 0 atom stereocenters. The molecule has 0 radical (unpaired) electrons. The average Bonchev–Trinajstić information content (AvgIpc) is 3.13. The molecule has 5 aromatic rings. The molecule has 2 aromatic heterocycles. The second-order valence-corrected chi connectivity index (χ2v) is 8.85. The van der Waals surface area contributed by atoms with Gasteiger partial charge in [-0.3, -0.25) is 4.79 Å². The van der Waals surface area contributed by atoms with Crippen LogP contribution in [0.4, 0.5) is 5.69 Å². The molecule has 5 rings (SSSR count). The third-order valence-corrected chi connectivity index (χ3v) is 6.26. The Labute approximate surface area is 194 Å². The lowest BCUT2D eigenvalue weighted by Crippen LogP contribution is -2.28. The first-order valence-corrected chi connectivity index (χ1v) is 11.3. The van der Waals surface area contributed by atoms with Crippen LogP contribution in [0.5, 0.6) is 0 Å². The molecule has 0 aliphatic carbocycles. The van der Waals surface area contributed by atoms with Crippen LogP contribution in [0, 0.1) is 13.8 Å². The maximum atomic E-state index is 13.3. The van der Waals surface area contributed by atoms with Crippen molar-refractivity contribution < 1.29 is 4.79 Å². The molecule has 0 saturated carbocycles. The number of para-hydroxylation sites is 2. The van der Waals surface area contributed by atoms with Gasteiger partial charge in [0.15, 0.2) is 5.65 Å². The van der Waals surface area contributed by atoms with Gasteiger partial charge in [0.1, 0.15) is 11.6 Å². The molecule has 8 heteroatoms. The van der Waals surface area contributed by atoms with Crippen molar-refractivity contribution in [2.24, 2.45) is 0 Å². The van der Waals surface area contributed by atoms with Gasteiger partial charge in [0.05, 0.1) is 11.0 Å². The van der Waals surface area contributed by atoms with Crippen molar-refractivity contribution in [1.82, 2.24) is 19.2 Å². The highest BCUT2D eigenvalue weighted by Gasteiger charge is 2.18. The Balaban J connectivity index is 1.55. The van der Waals surface area contributed by atoms with Crippen LogP contribution in [0.2, 0.25) is 0 Å². The molecular formula is C25H21N5O2S. The molecule has 0 aliphatic rings. The Kier molecular flexibility index (Phi) is 5.43. The molecule has 0 fully saturated rings. The minimum absolute atomic E-state index is 0.197. The van der Waals surface area contributed by atoms with E-state index in [0.29, 0.717) is 21.7 Å². The molecule has 3 aromatic carbocycles. The third-order valence-electron chi connectivity index (χ3n) is 5.28. The highest BCUT2D eigenvalue weighted by Crippen LogP contribution is 2.30. The normalized spacial score (nSPS) is 11.2. The first-order chi connectivity index (χ1) is 16.0. The fourth-order valence-corrected chi connectivity index (χ4v) is 4.61. The molecule has 1 amide bonds. The van der Waals surface area contributed by atoms with E-state index in [-0.39, 0.29) is 18.1 Å². The number of aryl methyl sites for hydroxylation is 2. The second-order valence-electron chi connectivity index (χ2n) is 7.79. The highest BCUT2D eigenvalue weighted by atomic mass is 32.2. The Bertz CT molecular complexity index is 1560. The van der Waals surface area contributed by atoms with Crippen LogP contribution in [-0.2, 0) is 11.3 Å². The van der Waals surface area contributed by atoms with Crippen molar-refractivity contribution in [1.29, 1.82) is 0 Å². The smallest absolute Gasteiger partial charge is 0.324 e. The molecule has 0 aliphatic heterocycles. The Hall–Kier alpha value is -3.91. The van der Waals surface area contributed by atoms with Crippen molar-refractivity contribution >= 4 is 40.0 Å². The molecule has 0 spiro atoms. The summed E-state index contributed by atoms with van der Waals surface area (Å²) in [7, 11) is 0. The zero-order valence-corrected chi connectivity index (χ0v) is 19.0. The molecule has 0 unspecified atom stereocenters. The van der Waals surface area contributed by atoms with Gasteiger partial charge in [0, 0.05) is 10.6 Å². The van der Waals surface area contributed by atoms with Gasteiger partial charge < -0.3 is 5.32 Å². The van der Waals surface area contributed by atoms with E-state index in [1.165, 1.54) is 20.8 Å². The number of anilines is 1. The number of amides is 1. The SMILES string of the molecule is Cc1ccc(NC(=O)Cn2nc3c(Sc4ccccc4)nc4ccccc4n3c2=O)c(C)c1. The van der Waals surface area contributed by atoms with Crippen molar-refractivity contribution in [2.75, 3.05) is 5.32 Å². The van der Waals surface area contributed by atoms with Gasteiger partial charge in [-0.25, -0.2) is 18.9 Å². The Morgan fingerprint density at radius 1 is 1.00 bits per heavy atom. The summed E-state index contributed by atoms with van der Waals surface area (Å²) in [5.41, 5.74) is 4.17. The number of nitrogens with one attached hydrogen (secondary N) is 1.